The van der Waals surface area contributed by atoms with Crippen LogP contribution in [0.5, 0.6) is 0 Å². The summed E-state index contributed by atoms with van der Waals surface area (Å²) in [6.45, 7) is 5.85. The quantitative estimate of drug-likeness (QED) is 0.603. The van der Waals surface area contributed by atoms with Crippen LogP contribution in [0.25, 0.3) is 0 Å². The lowest BCUT2D eigenvalue weighted by Gasteiger charge is -2.24. The Balaban J connectivity index is 2.98. The number of nitrogens with zero attached hydrogens (tertiary/aromatic N) is 3. The molecule has 0 bridgehead atoms. The normalized spacial score (nSPS) is 11.3. The van der Waals surface area contributed by atoms with Crippen molar-refractivity contribution in [2.45, 2.75) is 20.3 Å². The van der Waals surface area contributed by atoms with E-state index in [0.29, 0.717) is 6.42 Å². The molecule has 0 aliphatic carbocycles. The van der Waals surface area contributed by atoms with Gasteiger partial charge in [0.2, 0.25) is 5.91 Å². The first kappa shape index (κ1) is 15.2. The molecule has 1 aromatic carbocycles. The van der Waals surface area contributed by atoms with Crippen molar-refractivity contribution in [2.75, 3.05) is 27.2 Å². The van der Waals surface area contributed by atoms with Crippen LogP contribution in [0.3, 0.4) is 0 Å². The number of hydrogen-bond donors (Lipinski definition) is 0. The van der Waals surface area contributed by atoms with E-state index in [9.17, 15) is 4.79 Å². The fourth-order valence-corrected chi connectivity index (χ4v) is 1.76. The molecule has 1 aromatic rings. The Labute approximate surface area is 115 Å². The second kappa shape index (κ2) is 7.56. The molecule has 0 unspecified atom stereocenters. The lowest BCUT2D eigenvalue weighted by molar-refractivity contribution is -0.127. The number of carbonyl (C=O) groups is 1. The Morgan fingerprint density at radius 1 is 1.11 bits per heavy atom. The fraction of sp³-hybridized carbons (Fsp3) is 0.467. The smallest absolute Gasteiger partial charge is 0.229 e. The summed E-state index contributed by atoms with van der Waals surface area (Å²) in [4.78, 5) is 20.2. The highest BCUT2D eigenvalue weighted by molar-refractivity contribution is 6.00. The molecule has 0 spiro atoms. The number of rotatable bonds is 5. The monoisotopic (exact) mass is 261 g/mol. The number of amides is 1. The zero-order valence-corrected chi connectivity index (χ0v) is 12.3. The molecule has 0 saturated heterocycles. The summed E-state index contributed by atoms with van der Waals surface area (Å²) in [6, 6.07) is 9.76. The van der Waals surface area contributed by atoms with Crippen molar-refractivity contribution >= 4 is 17.4 Å². The molecule has 0 fully saturated rings. The molecule has 0 atom stereocenters. The molecular weight excluding hydrogens is 238 g/mol. The van der Waals surface area contributed by atoms with E-state index < -0.39 is 0 Å². The number of benzene rings is 1. The summed E-state index contributed by atoms with van der Waals surface area (Å²) in [7, 11) is 3.54. The molecule has 0 saturated carbocycles. The molecule has 104 valence electrons. The van der Waals surface area contributed by atoms with E-state index in [2.05, 4.69) is 23.7 Å². The van der Waals surface area contributed by atoms with Gasteiger partial charge in [-0.1, -0.05) is 18.2 Å². The van der Waals surface area contributed by atoms with Crippen LogP contribution in [0.15, 0.2) is 35.3 Å². The summed E-state index contributed by atoms with van der Waals surface area (Å²) in [6.07, 6.45) is 0.337. The Hall–Kier alpha value is -1.84. The van der Waals surface area contributed by atoms with Crippen LogP contribution in [0.1, 0.15) is 20.3 Å². The minimum Gasteiger partial charge on any atom is -0.360 e. The number of para-hydroxylation sites is 1. The van der Waals surface area contributed by atoms with Crippen molar-refractivity contribution < 1.29 is 4.79 Å². The van der Waals surface area contributed by atoms with E-state index in [1.54, 1.807) is 19.0 Å². The first-order chi connectivity index (χ1) is 9.08. The number of aliphatic imine (C=N–C) groups is 1. The molecular formula is C15H23N3O. The minimum absolute atomic E-state index is 0.0709. The lowest BCUT2D eigenvalue weighted by atomic mass is 10.3. The van der Waals surface area contributed by atoms with Gasteiger partial charge < -0.3 is 9.80 Å². The zero-order valence-electron chi connectivity index (χ0n) is 12.3. The molecule has 1 amide bonds. The maximum absolute atomic E-state index is 11.9. The largest absolute Gasteiger partial charge is 0.360 e. The van der Waals surface area contributed by atoms with Gasteiger partial charge in [-0.05, 0) is 26.0 Å². The van der Waals surface area contributed by atoms with Crippen LogP contribution in [0.4, 0.5) is 5.69 Å². The van der Waals surface area contributed by atoms with E-state index in [0.717, 1.165) is 24.6 Å². The van der Waals surface area contributed by atoms with Gasteiger partial charge in [-0.15, -0.1) is 0 Å². The van der Waals surface area contributed by atoms with E-state index in [1.165, 1.54) is 0 Å². The predicted molar refractivity (Wildman–Crippen MR) is 79.8 cm³/mol. The van der Waals surface area contributed by atoms with Crippen molar-refractivity contribution in [1.82, 2.24) is 9.80 Å². The third-order valence-corrected chi connectivity index (χ3v) is 2.95. The molecule has 0 aromatic heterocycles. The third-order valence-electron chi connectivity index (χ3n) is 2.95. The number of hydrogen-bond acceptors (Lipinski definition) is 2. The first-order valence-corrected chi connectivity index (χ1v) is 6.66. The molecule has 4 heteroatoms. The summed E-state index contributed by atoms with van der Waals surface area (Å²) in [5.41, 5.74) is 0.885. The van der Waals surface area contributed by atoms with Gasteiger partial charge in [0.15, 0.2) is 0 Å². The molecule has 0 heterocycles. The molecule has 0 aliphatic heterocycles. The van der Waals surface area contributed by atoms with Crippen molar-refractivity contribution in [3.8, 4) is 0 Å². The lowest BCUT2D eigenvalue weighted by Crippen LogP contribution is -2.35. The Morgan fingerprint density at radius 2 is 1.68 bits per heavy atom. The van der Waals surface area contributed by atoms with E-state index in [4.69, 9.17) is 0 Å². The zero-order chi connectivity index (χ0) is 14.3. The predicted octanol–water partition coefficient (Wildman–Crippen LogP) is 2.54. The maximum atomic E-state index is 11.9. The van der Waals surface area contributed by atoms with E-state index in [1.807, 2.05) is 30.3 Å². The van der Waals surface area contributed by atoms with Gasteiger partial charge in [0.25, 0.3) is 0 Å². The summed E-state index contributed by atoms with van der Waals surface area (Å²) < 4.78 is 0. The van der Waals surface area contributed by atoms with Crippen LogP contribution in [0, 0.1) is 0 Å². The van der Waals surface area contributed by atoms with Crippen LogP contribution in [0.2, 0.25) is 0 Å². The highest BCUT2D eigenvalue weighted by atomic mass is 16.2. The fourth-order valence-electron chi connectivity index (χ4n) is 1.76. The van der Waals surface area contributed by atoms with Gasteiger partial charge in [-0.2, -0.15) is 0 Å². The second-order valence-electron chi connectivity index (χ2n) is 4.50. The van der Waals surface area contributed by atoms with Crippen LogP contribution in [-0.4, -0.2) is 48.7 Å². The molecule has 4 nitrogen and oxygen atoms in total. The highest BCUT2D eigenvalue weighted by Crippen LogP contribution is 2.13. The molecule has 0 N–H and O–H groups in total. The van der Waals surface area contributed by atoms with Gasteiger partial charge in [-0.25, -0.2) is 4.99 Å². The maximum Gasteiger partial charge on any atom is 0.229 e. The van der Waals surface area contributed by atoms with E-state index >= 15 is 0 Å². The summed E-state index contributed by atoms with van der Waals surface area (Å²) >= 11 is 0. The Morgan fingerprint density at radius 3 is 2.16 bits per heavy atom. The first-order valence-electron chi connectivity index (χ1n) is 6.66. The summed E-state index contributed by atoms with van der Waals surface area (Å²) in [5, 5.41) is 0. The summed E-state index contributed by atoms with van der Waals surface area (Å²) in [5.74, 6) is 0.900. The van der Waals surface area contributed by atoms with Crippen LogP contribution in [-0.2, 0) is 4.79 Å². The van der Waals surface area contributed by atoms with Crippen LogP contribution >= 0.6 is 0 Å². The average Bonchev–Trinajstić information content (AvgIpc) is 2.41. The number of carbonyl (C=O) groups excluding carboxylic acids is 1. The van der Waals surface area contributed by atoms with Crippen molar-refractivity contribution in [3.63, 3.8) is 0 Å². The SMILES string of the molecule is CCN(CC)C(CC(=O)N(C)C)=Nc1ccccc1. The molecule has 19 heavy (non-hydrogen) atoms. The minimum atomic E-state index is 0.0709. The highest BCUT2D eigenvalue weighted by Gasteiger charge is 2.14. The van der Waals surface area contributed by atoms with Gasteiger partial charge in [-0.3, -0.25) is 4.79 Å². The van der Waals surface area contributed by atoms with Crippen molar-refractivity contribution in [3.05, 3.63) is 30.3 Å². The Kier molecular flexibility index (Phi) is 6.06. The molecule has 0 radical (unpaired) electrons. The van der Waals surface area contributed by atoms with Gasteiger partial charge in [0.05, 0.1) is 12.1 Å². The average molecular weight is 261 g/mol. The third kappa shape index (κ3) is 4.73. The topological polar surface area (TPSA) is 35.9 Å². The molecule has 0 aliphatic rings. The van der Waals surface area contributed by atoms with Gasteiger partial charge >= 0.3 is 0 Å². The molecule has 1 rings (SSSR count). The Bertz CT molecular complexity index is 422. The standard InChI is InChI=1S/C15H23N3O/c1-5-18(6-2)14(12-15(19)17(3)4)16-13-10-8-7-9-11-13/h7-11H,5-6,12H2,1-4H3. The van der Waals surface area contributed by atoms with Gasteiger partial charge in [0, 0.05) is 27.2 Å². The number of amidine groups is 1. The van der Waals surface area contributed by atoms with E-state index in [-0.39, 0.29) is 5.91 Å². The second-order valence-corrected chi connectivity index (χ2v) is 4.50. The van der Waals surface area contributed by atoms with Crippen molar-refractivity contribution in [2.24, 2.45) is 4.99 Å². The van der Waals surface area contributed by atoms with Crippen molar-refractivity contribution in [1.29, 1.82) is 0 Å². The van der Waals surface area contributed by atoms with Gasteiger partial charge in [0.1, 0.15) is 5.84 Å². The van der Waals surface area contributed by atoms with Crippen LogP contribution < -0.4 is 0 Å².